The van der Waals surface area contributed by atoms with Crippen molar-refractivity contribution in [1.29, 1.82) is 5.26 Å². The average Bonchev–Trinajstić information content (AvgIpc) is 2.95. The van der Waals surface area contributed by atoms with E-state index < -0.39 is 0 Å². The minimum Gasteiger partial charge on any atom is -0.381 e. The highest BCUT2D eigenvalue weighted by atomic mass is 16.5. The molecule has 0 radical (unpaired) electrons. The van der Waals surface area contributed by atoms with E-state index >= 15 is 0 Å². The Kier molecular flexibility index (Phi) is 4.81. The number of nitrogens with zero attached hydrogens (tertiary/aromatic N) is 1. The molecule has 74 valence electrons. The van der Waals surface area contributed by atoms with Crippen molar-refractivity contribution < 1.29 is 4.74 Å². The smallest absolute Gasteiger partial charge is 0.0972 e. The molecule has 1 N–H and O–H groups in total. The first-order chi connectivity index (χ1) is 6.36. The molecule has 3 heteroatoms. The van der Waals surface area contributed by atoms with Gasteiger partial charge in [-0.15, -0.1) is 0 Å². The van der Waals surface area contributed by atoms with Gasteiger partial charge in [-0.25, -0.2) is 0 Å². The Balaban J connectivity index is 1.84. The van der Waals surface area contributed by atoms with Gasteiger partial charge in [0.25, 0.3) is 0 Å². The fourth-order valence-electron chi connectivity index (χ4n) is 1.23. The zero-order valence-electron chi connectivity index (χ0n) is 8.25. The van der Waals surface area contributed by atoms with E-state index in [1.807, 2.05) is 0 Å². The fourth-order valence-corrected chi connectivity index (χ4v) is 1.23. The maximum absolute atomic E-state index is 8.61. The van der Waals surface area contributed by atoms with Crippen molar-refractivity contribution >= 4 is 0 Å². The SMILES string of the molecule is CNC(C#N)CCOCCC1CC1. The summed E-state index contributed by atoms with van der Waals surface area (Å²) in [4.78, 5) is 0. The zero-order chi connectivity index (χ0) is 9.52. The summed E-state index contributed by atoms with van der Waals surface area (Å²) in [5.41, 5.74) is 0. The van der Waals surface area contributed by atoms with Gasteiger partial charge in [0.15, 0.2) is 0 Å². The lowest BCUT2D eigenvalue weighted by Gasteiger charge is -2.07. The number of ether oxygens (including phenoxy) is 1. The molecule has 3 nitrogen and oxygen atoms in total. The Bertz CT molecular complexity index is 172. The zero-order valence-corrected chi connectivity index (χ0v) is 8.25. The third-order valence-electron chi connectivity index (χ3n) is 2.42. The van der Waals surface area contributed by atoms with Crippen molar-refractivity contribution in [2.75, 3.05) is 20.3 Å². The second-order valence-corrected chi connectivity index (χ2v) is 3.60. The van der Waals surface area contributed by atoms with Crippen LogP contribution in [0.3, 0.4) is 0 Å². The van der Waals surface area contributed by atoms with Crippen molar-refractivity contribution in [1.82, 2.24) is 5.32 Å². The predicted octanol–water partition coefficient (Wildman–Crippen LogP) is 1.30. The van der Waals surface area contributed by atoms with Crippen molar-refractivity contribution in [3.05, 3.63) is 0 Å². The van der Waals surface area contributed by atoms with E-state index in [1.165, 1.54) is 19.3 Å². The second-order valence-electron chi connectivity index (χ2n) is 3.60. The minimum absolute atomic E-state index is 0.0547. The van der Waals surface area contributed by atoms with Crippen LogP contribution in [0.25, 0.3) is 0 Å². The van der Waals surface area contributed by atoms with E-state index in [9.17, 15) is 0 Å². The largest absolute Gasteiger partial charge is 0.381 e. The van der Waals surface area contributed by atoms with Crippen LogP contribution in [0.2, 0.25) is 0 Å². The standard InChI is InChI=1S/C10H18N2O/c1-12-10(8-11)5-7-13-6-4-9-2-3-9/h9-10,12H,2-7H2,1H3. The third kappa shape index (κ3) is 4.87. The van der Waals surface area contributed by atoms with Crippen LogP contribution in [-0.4, -0.2) is 26.3 Å². The summed E-state index contributed by atoms with van der Waals surface area (Å²) in [7, 11) is 1.80. The molecule has 1 rings (SSSR count). The van der Waals surface area contributed by atoms with E-state index in [0.29, 0.717) is 6.61 Å². The molecular formula is C10H18N2O. The molecule has 0 aromatic heterocycles. The van der Waals surface area contributed by atoms with E-state index in [1.54, 1.807) is 7.05 Å². The number of rotatable bonds is 7. The molecule has 1 unspecified atom stereocenters. The maximum Gasteiger partial charge on any atom is 0.0972 e. The maximum atomic E-state index is 8.61. The molecule has 0 bridgehead atoms. The number of nitriles is 1. The van der Waals surface area contributed by atoms with Crippen LogP contribution in [0.15, 0.2) is 0 Å². The summed E-state index contributed by atoms with van der Waals surface area (Å²) in [5, 5.41) is 11.5. The Morgan fingerprint density at radius 2 is 2.31 bits per heavy atom. The summed E-state index contributed by atoms with van der Waals surface area (Å²) < 4.78 is 5.43. The topological polar surface area (TPSA) is 45.0 Å². The van der Waals surface area contributed by atoms with Gasteiger partial charge in [-0.05, 0) is 25.8 Å². The minimum atomic E-state index is -0.0547. The predicted molar refractivity (Wildman–Crippen MR) is 51.2 cm³/mol. The summed E-state index contributed by atoms with van der Waals surface area (Å²) >= 11 is 0. The van der Waals surface area contributed by atoms with E-state index in [4.69, 9.17) is 10.00 Å². The molecule has 1 aliphatic carbocycles. The quantitative estimate of drug-likeness (QED) is 0.604. The number of nitrogens with one attached hydrogen (secondary N) is 1. The van der Waals surface area contributed by atoms with Crippen molar-refractivity contribution in [2.45, 2.75) is 31.7 Å². The molecule has 1 fully saturated rings. The molecule has 0 spiro atoms. The average molecular weight is 182 g/mol. The van der Waals surface area contributed by atoms with Crippen molar-refractivity contribution in [3.63, 3.8) is 0 Å². The Morgan fingerprint density at radius 3 is 2.85 bits per heavy atom. The monoisotopic (exact) mass is 182 g/mol. The molecule has 1 aliphatic rings. The fraction of sp³-hybridized carbons (Fsp3) is 0.900. The highest BCUT2D eigenvalue weighted by Gasteiger charge is 2.20. The first-order valence-corrected chi connectivity index (χ1v) is 5.01. The van der Waals surface area contributed by atoms with Crippen LogP contribution >= 0.6 is 0 Å². The molecule has 0 heterocycles. The third-order valence-corrected chi connectivity index (χ3v) is 2.42. The van der Waals surface area contributed by atoms with Gasteiger partial charge in [-0.1, -0.05) is 12.8 Å². The Labute approximate surface area is 80.1 Å². The molecular weight excluding hydrogens is 164 g/mol. The van der Waals surface area contributed by atoms with Crippen LogP contribution in [-0.2, 0) is 4.74 Å². The Morgan fingerprint density at radius 1 is 1.54 bits per heavy atom. The van der Waals surface area contributed by atoms with Gasteiger partial charge in [0.1, 0.15) is 0 Å². The van der Waals surface area contributed by atoms with E-state index in [-0.39, 0.29) is 6.04 Å². The summed E-state index contributed by atoms with van der Waals surface area (Å²) in [5.74, 6) is 0.941. The summed E-state index contributed by atoms with van der Waals surface area (Å²) in [6.07, 6.45) is 4.77. The van der Waals surface area contributed by atoms with Crippen LogP contribution in [0, 0.1) is 17.2 Å². The highest BCUT2D eigenvalue weighted by molar-refractivity contribution is 4.88. The van der Waals surface area contributed by atoms with Gasteiger partial charge in [-0.3, -0.25) is 0 Å². The highest BCUT2D eigenvalue weighted by Crippen LogP contribution is 2.32. The first-order valence-electron chi connectivity index (χ1n) is 5.01. The number of hydrogen-bond acceptors (Lipinski definition) is 3. The van der Waals surface area contributed by atoms with Crippen LogP contribution in [0.5, 0.6) is 0 Å². The number of hydrogen-bond donors (Lipinski definition) is 1. The molecule has 1 atom stereocenters. The lowest BCUT2D eigenvalue weighted by molar-refractivity contribution is 0.122. The van der Waals surface area contributed by atoms with Crippen molar-refractivity contribution in [2.24, 2.45) is 5.92 Å². The van der Waals surface area contributed by atoms with Gasteiger partial charge in [-0.2, -0.15) is 5.26 Å². The van der Waals surface area contributed by atoms with Crippen LogP contribution in [0.4, 0.5) is 0 Å². The summed E-state index contributed by atoms with van der Waals surface area (Å²) in [6.45, 7) is 1.57. The molecule has 1 saturated carbocycles. The van der Waals surface area contributed by atoms with Gasteiger partial charge < -0.3 is 10.1 Å². The summed E-state index contributed by atoms with van der Waals surface area (Å²) in [6, 6.07) is 2.12. The molecule has 0 amide bonds. The van der Waals surface area contributed by atoms with E-state index in [0.717, 1.165) is 18.9 Å². The molecule has 0 saturated heterocycles. The molecule has 0 aliphatic heterocycles. The second kappa shape index (κ2) is 5.95. The molecule has 0 aromatic carbocycles. The lowest BCUT2D eigenvalue weighted by Crippen LogP contribution is -2.24. The first kappa shape index (κ1) is 10.5. The normalized spacial score (nSPS) is 18.2. The molecule has 13 heavy (non-hydrogen) atoms. The van der Waals surface area contributed by atoms with Crippen LogP contribution < -0.4 is 5.32 Å². The van der Waals surface area contributed by atoms with Gasteiger partial charge in [0, 0.05) is 13.2 Å². The molecule has 0 aromatic rings. The lowest BCUT2D eigenvalue weighted by atomic mass is 10.2. The Hall–Kier alpha value is -0.590. The van der Waals surface area contributed by atoms with Gasteiger partial charge >= 0.3 is 0 Å². The van der Waals surface area contributed by atoms with Crippen LogP contribution in [0.1, 0.15) is 25.7 Å². The van der Waals surface area contributed by atoms with Gasteiger partial charge in [0.05, 0.1) is 12.1 Å². The van der Waals surface area contributed by atoms with E-state index in [2.05, 4.69) is 11.4 Å². The van der Waals surface area contributed by atoms with Crippen molar-refractivity contribution in [3.8, 4) is 6.07 Å². The van der Waals surface area contributed by atoms with Gasteiger partial charge in [0.2, 0.25) is 0 Å².